The molecule has 0 aliphatic rings. The standard InChI is InChI=1S/C26H36FN5O6/c1-7-12-32-22(19(9-8-13-38-6)31(5)26(37)25(36)30(3)4)29-20(21(33)24(32)35)23(34)28-15-17-10-11-18(27)16(2)14-17/h10-11,14,19,33H,7-9,12-13,15H2,1-6H3,(H,28,34). The summed E-state index contributed by atoms with van der Waals surface area (Å²) < 4.78 is 19.9. The van der Waals surface area contributed by atoms with Gasteiger partial charge in [-0.15, -0.1) is 0 Å². The van der Waals surface area contributed by atoms with E-state index in [1.165, 1.54) is 49.9 Å². The number of nitrogens with one attached hydrogen (secondary N) is 1. The highest BCUT2D eigenvalue weighted by Crippen LogP contribution is 2.25. The van der Waals surface area contributed by atoms with E-state index in [1.807, 2.05) is 6.92 Å². The fourth-order valence-electron chi connectivity index (χ4n) is 3.90. The second-order valence-electron chi connectivity index (χ2n) is 9.16. The largest absolute Gasteiger partial charge is 0.501 e. The van der Waals surface area contributed by atoms with E-state index in [-0.39, 0.29) is 31.2 Å². The molecule has 0 fully saturated rings. The third-order valence-electron chi connectivity index (χ3n) is 6.01. The molecular formula is C26H36FN5O6. The van der Waals surface area contributed by atoms with Gasteiger partial charge in [-0.3, -0.25) is 23.7 Å². The molecule has 1 unspecified atom stereocenters. The van der Waals surface area contributed by atoms with Gasteiger partial charge in [0, 0.05) is 47.9 Å². The van der Waals surface area contributed by atoms with Crippen LogP contribution >= 0.6 is 0 Å². The number of likely N-dealkylation sites (N-methyl/N-ethyl adjacent to an activating group) is 2. The lowest BCUT2D eigenvalue weighted by Gasteiger charge is -2.30. The van der Waals surface area contributed by atoms with E-state index in [9.17, 15) is 28.7 Å². The van der Waals surface area contributed by atoms with Crippen molar-refractivity contribution in [2.75, 3.05) is 34.9 Å². The molecule has 0 saturated carbocycles. The molecule has 2 N–H and O–H groups in total. The van der Waals surface area contributed by atoms with Crippen molar-refractivity contribution in [2.24, 2.45) is 0 Å². The van der Waals surface area contributed by atoms with Gasteiger partial charge in [0.05, 0.1) is 6.04 Å². The molecule has 0 bridgehead atoms. The zero-order valence-electron chi connectivity index (χ0n) is 22.7. The average Bonchev–Trinajstić information content (AvgIpc) is 2.89. The van der Waals surface area contributed by atoms with Crippen molar-refractivity contribution in [1.82, 2.24) is 24.7 Å². The van der Waals surface area contributed by atoms with Gasteiger partial charge in [0.15, 0.2) is 5.69 Å². The summed E-state index contributed by atoms with van der Waals surface area (Å²) in [7, 11) is 5.85. The summed E-state index contributed by atoms with van der Waals surface area (Å²) >= 11 is 0. The van der Waals surface area contributed by atoms with Gasteiger partial charge in [-0.25, -0.2) is 9.37 Å². The third kappa shape index (κ3) is 7.15. The molecular weight excluding hydrogens is 497 g/mol. The lowest BCUT2D eigenvalue weighted by Crippen LogP contribution is -2.44. The molecule has 208 valence electrons. The first kappa shape index (κ1) is 30.4. The van der Waals surface area contributed by atoms with Crippen LogP contribution in [0.25, 0.3) is 0 Å². The number of hydrogen-bond donors (Lipinski definition) is 2. The number of hydrogen-bond acceptors (Lipinski definition) is 7. The molecule has 38 heavy (non-hydrogen) atoms. The first-order chi connectivity index (χ1) is 17.9. The van der Waals surface area contributed by atoms with Gasteiger partial charge in [0.2, 0.25) is 5.75 Å². The van der Waals surface area contributed by atoms with E-state index in [4.69, 9.17) is 4.74 Å². The minimum absolute atomic E-state index is 0.00143. The monoisotopic (exact) mass is 533 g/mol. The molecule has 0 saturated heterocycles. The van der Waals surface area contributed by atoms with Crippen LogP contribution in [0.5, 0.6) is 5.75 Å². The molecule has 3 amide bonds. The lowest BCUT2D eigenvalue weighted by atomic mass is 10.1. The average molecular weight is 534 g/mol. The van der Waals surface area contributed by atoms with Crippen LogP contribution in [-0.2, 0) is 27.4 Å². The van der Waals surface area contributed by atoms with E-state index < -0.39 is 40.8 Å². The van der Waals surface area contributed by atoms with Gasteiger partial charge in [-0.2, -0.15) is 0 Å². The zero-order valence-corrected chi connectivity index (χ0v) is 22.7. The number of benzene rings is 1. The molecule has 2 rings (SSSR count). The maximum Gasteiger partial charge on any atom is 0.312 e. The number of aryl methyl sites for hydroxylation is 1. The minimum atomic E-state index is -0.868. The number of ether oxygens (including phenoxy) is 1. The van der Waals surface area contributed by atoms with Gasteiger partial charge in [-0.05, 0) is 43.4 Å². The van der Waals surface area contributed by atoms with Gasteiger partial charge < -0.3 is 25.0 Å². The van der Waals surface area contributed by atoms with E-state index in [0.717, 1.165) is 4.90 Å². The van der Waals surface area contributed by atoms with Gasteiger partial charge in [-0.1, -0.05) is 19.1 Å². The second kappa shape index (κ2) is 13.7. The molecule has 11 nitrogen and oxygen atoms in total. The summed E-state index contributed by atoms with van der Waals surface area (Å²) in [6, 6.07) is 3.49. The summed E-state index contributed by atoms with van der Waals surface area (Å²) in [4.78, 5) is 58.2. The minimum Gasteiger partial charge on any atom is -0.501 e. The Kier molecular flexibility index (Phi) is 10.9. The Morgan fingerprint density at radius 2 is 1.89 bits per heavy atom. The van der Waals surface area contributed by atoms with Crippen molar-refractivity contribution in [3.8, 4) is 5.75 Å². The quantitative estimate of drug-likeness (QED) is 0.332. The number of rotatable bonds is 11. The summed E-state index contributed by atoms with van der Waals surface area (Å²) in [5, 5.41) is 13.2. The summed E-state index contributed by atoms with van der Waals surface area (Å²) in [5.41, 5.74) is -0.328. The Bertz CT molecular complexity index is 1230. The zero-order chi connectivity index (χ0) is 28.6. The molecule has 1 heterocycles. The van der Waals surface area contributed by atoms with Crippen molar-refractivity contribution < 1.29 is 28.6 Å². The number of nitrogens with zero attached hydrogens (tertiary/aromatic N) is 4. The Morgan fingerprint density at radius 3 is 2.47 bits per heavy atom. The molecule has 1 aromatic carbocycles. The molecule has 2 aromatic rings. The van der Waals surface area contributed by atoms with Crippen LogP contribution in [0.15, 0.2) is 23.0 Å². The molecule has 0 aliphatic heterocycles. The Labute approximate surface area is 221 Å². The smallest absolute Gasteiger partial charge is 0.312 e. The number of aromatic hydroxyl groups is 1. The summed E-state index contributed by atoms with van der Waals surface area (Å²) in [6.45, 7) is 3.93. The lowest BCUT2D eigenvalue weighted by molar-refractivity contribution is -0.151. The van der Waals surface area contributed by atoms with Crippen LogP contribution in [0.2, 0.25) is 0 Å². The Balaban J connectivity index is 2.55. The molecule has 0 radical (unpaired) electrons. The highest BCUT2D eigenvalue weighted by atomic mass is 19.1. The number of methoxy groups -OCH3 is 1. The van der Waals surface area contributed by atoms with Crippen LogP contribution in [0.3, 0.4) is 0 Å². The van der Waals surface area contributed by atoms with Crippen LogP contribution in [0.1, 0.15) is 59.7 Å². The molecule has 12 heteroatoms. The van der Waals surface area contributed by atoms with Crippen molar-refractivity contribution in [3.05, 3.63) is 57.0 Å². The predicted molar refractivity (Wildman–Crippen MR) is 138 cm³/mol. The molecule has 0 aliphatic carbocycles. The maximum absolute atomic E-state index is 13.6. The van der Waals surface area contributed by atoms with Crippen molar-refractivity contribution in [2.45, 2.75) is 52.2 Å². The number of aromatic nitrogens is 2. The SMILES string of the molecule is CCCn1c(C(CCCOC)N(C)C(=O)C(=O)N(C)C)nc(C(=O)NCc2ccc(F)c(C)c2)c(O)c1=O. The first-order valence-electron chi connectivity index (χ1n) is 12.3. The number of halogens is 1. The van der Waals surface area contributed by atoms with Crippen LogP contribution in [0.4, 0.5) is 4.39 Å². The van der Waals surface area contributed by atoms with Crippen molar-refractivity contribution >= 4 is 17.7 Å². The summed E-state index contributed by atoms with van der Waals surface area (Å²) in [6.07, 6.45) is 1.24. The third-order valence-corrected chi connectivity index (χ3v) is 6.01. The molecule has 1 aromatic heterocycles. The molecule has 1 atom stereocenters. The predicted octanol–water partition coefficient (Wildman–Crippen LogP) is 1.75. The summed E-state index contributed by atoms with van der Waals surface area (Å²) in [5.74, 6) is -3.55. The highest BCUT2D eigenvalue weighted by Gasteiger charge is 2.32. The highest BCUT2D eigenvalue weighted by molar-refractivity contribution is 6.34. The van der Waals surface area contributed by atoms with E-state index in [1.54, 1.807) is 13.0 Å². The van der Waals surface area contributed by atoms with Gasteiger partial charge >= 0.3 is 11.8 Å². The van der Waals surface area contributed by atoms with Gasteiger partial charge in [0.25, 0.3) is 11.5 Å². The number of amides is 3. The fourth-order valence-corrected chi connectivity index (χ4v) is 3.90. The molecule has 0 spiro atoms. The number of carbonyl (C=O) groups is 3. The second-order valence-corrected chi connectivity index (χ2v) is 9.16. The normalized spacial score (nSPS) is 11.7. The maximum atomic E-state index is 13.6. The Morgan fingerprint density at radius 1 is 1.21 bits per heavy atom. The van der Waals surface area contributed by atoms with E-state index >= 15 is 0 Å². The first-order valence-corrected chi connectivity index (χ1v) is 12.3. The van der Waals surface area contributed by atoms with Crippen molar-refractivity contribution in [1.29, 1.82) is 0 Å². The fraction of sp³-hybridized carbons (Fsp3) is 0.500. The van der Waals surface area contributed by atoms with Crippen LogP contribution < -0.4 is 10.9 Å². The van der Waals surface area contributed by atoms with Crippen LogP contribution in [-0.4, -0.2) is 77.0 Å². The van der Waals surface area contributed by atoms with E-state index in [2.05, 4.69) is 10.3 Å². The Hall–Kier alpha value is -3.80. The topological polar surface area (TPSA) is 134 Å². The van der Waals surface area contributed by atoms with Crippen molar-refractivity contribution in [3.63, 3.8) is 0 Å². The van der Waals surface area contributed by atoms with E-state index in [0.29, 0.717) is 30.6 Å². The number of carbonyl (C=O) groups excluding carboxylic acids is 3. The van der Waals surface area contributed by atoms with Crippen LogP contribution in [0, 0.1) is 12.7 Å². The van der Waals surface area contributed by atoms with Gasteiger partial charge in [0.1, 0.15) is 11.6 Å².